The number of para-hydroxylation sites is 1. The van der Waals surface area contributed by atoms with E-state index in [9.17, 15) is 0 Å². The van der Waals surface area contributed by atoms with Crippen molar-refractivity contribution < 1.29 is 4.74 Å². The summed E-state index contributed by atoms with van der Waals surface area (Å²) in [6.07, 6.45) is 0.943. The Hall–Kier alpha value is -2.11. The lowest BCUT2D eigenvalue weighted by Crippen LogP contribution is -2.29. The van der Waals surface area contributed by atoms with Crippen LogP contribution in [-0.2, 0) is 11.3 Å². The lowest BCUT2D eigenvalue weighted by atomic mass is 10.1. The zero-order valence-corrected chi connectivity index (χ0v) is 15.7. The minimum atomic E-state index is 0.648. The van der Waals surface area contributed by atoms with Crippen molar-refractivity contribution in [2.45, 2.75) is 26.8 Å². The third-order valence-electron chi connectivity index (χ3n) is 4.30. The van der Waals surface area contributed by atoms with Gasteiger partial charge in [0.2, 0.25) is 0 Å². The summed E-state index contributed by atoms with van der Waals surface area (Å²) in [4.78, 5) is 0. The smallest absolute Gasteiger partial charge is 0.170 e. The van der Waals surface area contributed by atoms with E-state index in [1.807, 2.05) is 6.92 Å². The van der Waals surface area contributed by atoms with Gasteiger partial charge in [-0.25, -0.2) is 0 Å². The van der Waals surface area contributed by atoms with Gasteiger partial charge < -0.3 is 19.9 Å². The monoisotopic (exact) mass is 355 g/mol. The summed E-state index contributed by atoms with van der Waals surface area (Å²) in [6.45, 7) is 7.47. The summed E-state index contributed by atoms with van der Waals surface area (Å²) < 4.78 is 7.68. The van der Waals surface area contributed by atoms with E-state index in [0.717, 1.165) is 38.4 Å². The molecule has 0 saturated carbocycles. The average Bonchev–Trinajstić information content (AvgIpc) is 2.94. The molecule has 4 nitrogen and oxygen atoms in total. The predicted octanol–water partition coefficient (Wildman–Crippen LogP) is 4.53. The number of anilines is 1. The lowest BCUT2D eigenvalue weighted by molar-refractivity contribution is 0.146. The number of aryl methyl sites for hydroxylation is 1. The first-order valence-corrected chi connectivity index (χ1v) is 9.29. The molecule has 3 aromatic rings. The van der Waals surface area contributed by atoms with Crippen molar-refractivity contribution in [3.63, 3.8) is 0 Å². The Kier molecular flexibility index (Phi) is 5.89. The van der Waals surface area contributed by atoms with Crippen molar-refractivity contribution >= 4 is 44.8 Å². The summed E-state index contributed by atoms with van der Waals surface area (Å²) in [6, 6.07) is 15.0. The maximum absolute atomic E-state index is 5.39. The van der Waals surface area contributed by atoms with E-state index in [1.165, 1.54) is 21.8 Å². The van der Waals surface area contributed by atoms with Crippen LogP contribution in [0.1, 0.15) is 20.3 Å². The molecule has 0 saturated heterocycles. The quantitative estimate of drug-likeness (QED) is 0.482. The van der Waals surface area contributed by atoms with Crippen molar-refractivity contribution in [3.05, 3.63) is 42.5 Å². The molecule has 3 rings (SSSR count). The molecule has 0 unspecified atom stereocenters. The highest BCUT2D eigenvalue weighted by molar-refractivity contribution is 7.80. The topological polar surface area (TPSA) is 38.2 Å². The summed E-state index contributed by atoms with van der Waals surface area (Å²) >= 11 is 5.39. The van der Waals surface area contributed by atoms with Gasteiger partial charge in [-0.05, 0) is 56.8 Å². The van der Waals surface area contributed by atoms with E-state index in [0.29, 0.717) is 5.11 Å². The molecule has 0 bridgehead atoms. The molecule has 0 spiro atoms. The van der Waals surface area contributed by atoms with Crippen LogP contribution in [0, 0.1) is 0 Å². The Bertz CT molecular complexity index is 872. The Balaban J connectivity index is 1.75. The van der Waals surface area contributed by atoms with Crippen molar-refractivity contribution in [3.8, 4) is 0 Å². The highest BCUT2D eigenvalue weighted by Crippen LogP contribution is 2.30. The molecule has 132 valence electrons. The van der Waals surface area contributed by atoms with Gasteiger partial charge in [-0.1, -0.05) is 18.2 Å². The fourth-order valence-electron chi connectivity index (χ4n) is 3.17. The normalized spacial score (nSPS) is 11.1. The van der Waals surface area contributed by atoms with Crippen LogP contribution >= 0.6 is 12.2 Å². The third-order valence-corrected chi connectivity index (χ3v) is 4.55. The largest absolute Gasteiger partial charge is 0.382 e. The molecule has 2 N–H and O–H groups in total. The minimum absolute atomic E-state index is 0.648. The molecule has 0 aliphatic rings. The maximum Gasteiger partial charge on any atom is 0.170 e. The van der Waals surface area contributed by atoms with E-state index in [4.69, 9.17) is 17.0 Å². The van der Waals surface area contributed by atoms with E-state index in [1.54, 1.807) is 0 Å². The number of hydrogen-bond acceptors (Lipinski definition) is 2. The number of benzene rings is 2. The average molecular weight is 356 g/mol. The Morgan fingerprint density at radius 3 is 2.68 bits per heavy atom. The molecular formula is C20H25N3OS. The molecule has 1 aromatic heterocycles. The Morgan fingerprint density at radius 2 is 1.88 bits per heavy atom. The van der Waals surface area contributed by atoms with E-state index >= 15 is 0 Å². The number of hydrogen-bond donors (Lipinski definition) is 2. The van der Waals surface area contributed by atoms with Gasteiger partial charge in [0, 0.05) is 53.8 Å². The molecule has 0 aliphatic heterocycles. The Morgan fingerprint density at radius 1 is 1.08 bits per heavy atom. The molecule has 5 heteroatoms. The first-order valence-electron chi connectivity index (χ1n) is 8.88. The highest BCUT2D eigenvalue weighted by Gasteiger charge is 2.09. The van der Waals surface area contributed by atoms with Gasteiger partial charge in [0.1, 0.15) is 0 Å². The zero-order chi connectivity index (χ0) is 17.6. The summed E-state index contributed by atoms with van der Waals surface area (Å²) in [5.41, 5.74) is 3.53. The van der Waals surface area contributed by atoms with Crippen LogP contribution in [0.4, 0.5) is 5.69 Å². The van der Waals surface area contributed by atoms with E-state index in [2.05, 4.69) is 64.6 Å². The number of rotatable bonds is 7. The van der Waals surface area contributed by atoms with Crippen LogP contribution in [0.3, 0.4) is 0 Å². The highest BCUT2D eigenvalue weighted by atomic mass is 32.1. The van der Waals surface area contributed by atoms with Crippen LogP contribution in [0.2, 0.25) is 0 Å². The predicted molar refractivity (Wildman–Crippen MR) is 110 cm³/mol. The van der Waals surface area contributed by atoms with Crippen LogP contribution in [0.25, 0.3) is 21.8 Å². The number of ether oxygens (including phenoxy) is 1. The molecule has 0 aliphatic carbocycles. The molecule has 0 fully saturated rings. The van der Waals surface area contributed by atoms with Gasteiger partial charge in [0.15, 0.2) is 5.11 Å². The fraction of sp³-hybridized carbons (Fsp3) is 0.350. The molecule has 0 radical (unpaired) electrons. The summed E-state index contributed by atoms with van der Waals surface area (Å²) in [5.74, 6) is 0. The lowest BCUT2D eigenvalue weighted by Gasteiger charge is -2.11. The number of fused-ring (bicyclic) bond motifs is 3. The minimum Gasteiger partial charge on any atom is -0.382 e. The first kappa shape index (κ1) is 17.7. The van der Waals surface area contributed by atoms with E-state index in [-0.39, 0.29) is 0 Å². The van der Waals surface area contributed by atoms with Crippen LogP contribution in [0.15, 0.2) is 42.5 Å². The van der Waals surface area contributed by atoms with Crippen LogP contribution in [0.5, 0.6) is 0 Å². The number of thiocarbonyl (C=S) groups is 1. The molecule has 0 atom stereocenters. The standard InChI is InChI=1S/C20H25N3OS/c1-3-23-18-9-6-5-8-16(18)17-14-15(10-11-19(17)23)22-20(25)21-12-7-13-24-4-2/h5-6,8-11,14H,3-4,7,12-13H2,1-2H3,(H2,21,22,25). The number of nitrogens with one attached hydrogen (secondary N) is 2. The fourth-order valence-corrected chi connectivity index (χ4v) is 3.39. The van der Waals surface area contributed by atoms with Crippen molar-refractivity contribution in [2.24, 2.45) is 0 Å². The van der Waals surface area contributed by atoms with Crippen LogP contribution in [-0.4, -0.2) is 29.4 Å². The third kappa shape index (κ3) is 3.94. The second-order valence-electron chi connectivity index (χ2n) is 5.92. The van der Waals surface area contributed by atoms with Gasteiger partial charge in [-0.15, -0.1) is 0 Å². The second-order valence-corrected chi connectivity index (χ2v) is 6.33. The van der Waals surface area contributed by atoms with Gasteiger partial charge in [-0.2, -0.15) is 0 Å². The summed E-state index contributed by atoms with van der Waals surface area (Å²) in [5, 5.41) is 9.69. The molecule has 0 amide bonds. The van der Waals surface area contributed by atoms with Gasteiger partial charge >= 0.3 is 0 Å². The zero-order valence-electron chi connectivity index (χ0n) is 14.8. The molecule has 25 heavy (non-hydrogen) atoms. The van der Waals surface area contributed by atoms with Crippen molar-refractivity contribution in [1.82, 2.24) is 9.88 Å². The molecule has 1 heterocycles. The molecular weight excluding hydrogens is 330 g/mol. The maximum atomic E-state index is 5.39. The van der Waals surface area contributed by atoms with E-state index < -0.39 is 0 Å². The van der Waals surface area contributed by atoms with Gasteiger partial charge in [-0.3, -0.25) is 0 Å². The number of aromatic nitrogens is 1. The summed E-state index contributed by atoms with van der Waals surface area (Å²) in [7, 11) is 0. The number of nitrogens with zero attached hydrogens (tertiary/aromatic N) is 1. The van der Waals surface area contributed by atoms with Crippen molar-refractivity contribution in [2.75, 3.05) is 25.1 Å². The van der Waals surface area contributed by atoms with Gasteiger partial charge in [0.25, 0.3) is 0 Å². The Labute approximate surface area is 154 Å². The van der Waals surface area contributed by atoms with Crippen molar-refractivity contribution in [1.29, 1.82) is 0 Å². The van der Waals surface area contributed by atoms with Crippen LogP contribution < -0.4 is 10.6 Å². The van der Waals surface area contributed by atoms with Gasteiger partial charge in [0.05, 0.1) is 0 Å². The molecule has 2 aromatic carbocycles. The SMILES string of the molecule is CCOCCCNC(=S)Nc1ccc2c(c1)c1ccccc1n2CC. The second kappa shape index (κ2) is 8.32. The first-order chi connectivity index (χ1) is 12.2.